The molecule has 150 valence electrons. The van der Waals surface area contributed by atoms with Gasteiger partial charge in [0.2, 0.25) is 10.0 Å². The third-order valence-electron chi connectivity index (χ3n) is 5.44. The van der Waals surface area contributed by atoms with Crippen molar-refractivity contribution >= 4 is 21.6 Å². The quantitative estimate of drug-likeness (QED) is 0.754. The van der Waals surface area contributed by atoms with Gasteiger partial charge in [-0.05, 0) is 75.4 Å². The van der Waals surface area contributed by atoms with Crippen LogP contribution < -0.4 is 9.62 Å². The van der Waals surface area contributed by atoms with Crippen molar-refractivity contribution in [3.63, 3.8) is 0 Å². The van der Waals surface area contributed by atoms with E-state index in [9.17, 15) is 13.2 Å². The highest BCUT2D eigenvalue weighted by Crippen LogP contribution is 2.23. The maximum Gasteiger partial charge on any atom is 0.251 e. The van der Waals surface area contributed by atoms with Crippen LogP contribution >= 0.6 is 0 Å². The normalized spacial score (nSPS) is 23.1. The molecule has 0 saturated carbocycles. The molecule has 0 unspecified atom stereocenters. The summed E-state index contributed by atoms with van der Waals surface area (Å²) in [6.07, 6.45) is 5.13. The monoisotopic (exact) mass is 393 g/mol. The maximum absolute atomic E-state index is 12.3. The number of benzene rings is 1. The van der Waals surface area contributed by atoms with E-state index in [0.717, 1.165) is 38.3 Å². The highest BCUT2D eigenvalue weighted by atomic mass is 32.2. The van der Waals surface area contributed by atoms with Gasteiger partial charge in [0.25, 0.3) is 5.91 Å². The molecule has 2 heterocycles. The first-order chi connectivity index (χ1) is 13.0. The number of piperidine rings is 1. The van der Waals surface area contributed by atoms with Crippen LogP contribution in [0.3, 0.4) is 0 Å². The Bertz CT molecular complexity index is 733. The zero-order valence-electron chi connectivity index (χ0n) is 16.2. The first-order valence-corrected chi connectivity index (χ1v) is 11.7. The summed E-state index contributed by atoms with van der Waals surface area (Å²) >= 11 is 0. The second kappa shape index (κ2) is 9.06. The lowest BCUT2D eigenvalue weighted by molar-refractivity contribution is 0.0950. The molecule has 1 amide bonds. The number of hydrogen-bond donors (Lipinski definition) is 1. The van der Waals surface area contributed by atoms with Gasteiger partial charge in [0.1, 0.15) is 0 Å². The molecule has 1 N–H and O–H groups in total. The number of amides is 1. The van der Waals surface area contributed by atoms with Crippen LogP contribution in [-0.4, -0.2) is 57.7 Å². The lowest BCUT2D eigenvalue weighted by Gasteiger charge is -2.30. The van der Waals surface area contributed by atoms with Crippen molar-refractivity contribution in [1.29, 1.82) is 0 Å². The van der Waals surface area contributed by atoms with Crippen molar-refractivity contribution in [3.05, 3.63) is 29.8 Å². The predicted molar refractivity (Wildman–Crippen MR) is 109 cm³/mol. The number of anilines is 1. The summed E-state index contributed by atoms with van der Waals surface area (Å²) in [6.45, 7) is 6.83. The third-order valence-corrected chi connectivity index (χ3v) is 7.31. The summed E-state index contributed by atoms with van der Waals surface area (Å²) in [5, 5.41) is 2.97. The summed E-state index contributed by atoms with van der Waals surface area (Å²) in [5.41, 5.74) is 1.21. The molecule has 2 saturated heterocycles. The molecule has 2 aliphatic rings. The number of rotatable bonds is 6. The van der Waals surface area contributed by atoms with Crippen LogP contribution in [0.4, 0.5) is 5.69 Å². The molecular formula is C20H31N3O3S. The summed E-state index contributed by atoms with van der Waals surface area (Å²) in [7, 11) is -3.21. The Hall–Kier alpha value is -1.60. The van der Waals surface area contributed by atoms with E-state index in [4.69, 9.17) is 0 Å². The van der Waals surface area contributed by atoms with Gasteiger partial charge in [-0.25, -0.2) is 8.42 Å². The van der Waals surface area contributed by atoms with Crippen LogP contribution in [-0.2, 0) is 10.0 Å². The first kappa shape index (κ1) is 20.1. The minimum absolute atomic E-state index is 0.102. The largest absolute Gasteiger partial charge is 0.352 e. The fourth-order valence-corrected chi connectivity index (χ4v) is 5.59. The van der Waals surface area contributed by atoms with E-state index in [1.807, 2.05) is 0 Å². The number of nitrogens with zero attached hydrogens (tertiary/aromatic N) is 2. The van der Waals surface area contributed by atoms with Crippen LogP contribution in [0.1, 0.15) is 49.4 Å². The molecule has 0 bridgehead atoms. The highest BCUT2D eigenvalue weighted by Gasteiger charge is 2.26. The van der Waals surface area contributed by atoms with E-state index in [2.05, 4.69) is 17.1 Å². The Labute approximate surface area is 163 Å². The lowest BCUT2D eigenvalue weighted by atomic mass is 10.0. The van der Waals surface area contributed by atoms with Gasteiger partial charge in [-0.2, -0.15) is 0 Å². The Kier molecular flexibility index (Phi) is 6.76. The van der Waals surface area contributed by atoms with Crippen molar-refractivity contribution in [2.24, 2.45) is 5.92 Å². The smallest absolute Gasteiger partial charge is 0.251 e. The maximum atomic E-state index is 12.3. The second-order valence-corrected chi connectivity index (χ2v) is 9.81. The van der Waals surface area contributed by atoms with Gasteiger partial charge < -0.3 is 10.2 Å². The molecule has 6 nitrogen and oxygen atoms in total. The van der Waals surface area contributed by atoms with Gasteiger partial charge in [-0.3, -0.25) is 9.10 Å². The molecule has 1 aromatic rings. The van der Waals surface area contributed by atoms with Crippen molar-refractivity contribution in [1.82, 2.24) is 10.2 Å². The predicted octanol–water partition coefficient (Wildman–Crippen LogP) is 2.47. The van der Waals surface area contributed by atoms with Gasteiger partial charge in [0.05, 0.1) is 11.4 Å². The number of carbonyl (C=O) groups is 1. The van der Waals surface area contributed by atoms with Crippen molar-refractivity contribution in [3.8, 4) is 0 Å². The Morgan fingerprint density at radius 1 is 1.15 bits per heavy atom. The standard InChI is InChI=1S/C20H31N3O3S/c1-17-6-4-12-22(16-17)13-5-11-21-20(24)18-7-9-19(10-8-18)23-14-2-3-15-27(23,25)26/h7-10,17H,2-6,11-16H2,1H3,(H,21,24)/t17-/m0/s1. The number of hydrogen-bond acceptors (Lipinski definition) is 4. The zero-order valence-corrected chi connectivity index (χ0v) is 17.0. The molecule has 0 spiro atoms. The average Bonchev–Trinajstić information content (AvgIpc) is 2.65. The molecule has 1 atom stereocenters. The fraction of sp³-hybridized carbons (Fsp3) is 0.650. The van der Waals surface area contributed by atoms with E-state index in [-0.39, 0.29) is 11.7 Å². The van der Waals surface area contributed by atoms with Crippen LogP contribution in [0, 0.1) is 5.92 Å². The molecule has 0 aliphatic carbocycles. The molecule has 0 aromatic heterocycles. The topological polar surface area (TPSA) is 69.7 Å². The molecule has 27 heavy (non-hydrogen) atoms. The van der Waals surface area contributed by atoms with Gasteiger partial charge in [0, 0.05) is 25.2 Å². The minimum atomic E-state index is -3.21. The molecule has 2 aliphatic heterocycles. The van der Waals surface area contributed by atoms with Crippen LogP contribution in [0.25, 0.3) is 0 Å². The lowest BCUT2D eigenvalue weighted by Crippen LogP contribution is -2.37. The van der Waals surface area contributed by atoms with Gasteiger partial charge in [-0.15, -0.1) is 0 Å². The number of nitrogens with one attached hydrogen (secondary N) is 1. The Morgan fingerprint density at radius 2 is 1.93 bits per heavy atom. The third kappa shape index (κ3) is 5.45. The van der Waals surface area contributed by atoms with E-state index in [0.29, 0.717) is 24.3 Å². The molecular weight excluding hydrogens is 362 g/mol. The van der Waals surface area contributed by atoms with E-state index in [1.54, 1.807) is 24.3 Å². The van der Waals surface area contributed by atoms with Crippen LogP contribution in [0.5, 0.6) is 0 Å². The average molecular weight is 394 g/mol. The van der Waals surface area contributed by atoms with Gasteiger partial charge >= 0.3 is 0 Å². The van der Waals surface area contributed by atoms with E-state index >= 15 is 0 Å². The number of carbonyl (C=O) groups excluding carboxylic acids is 1. The van der Waals surface area contributed by atoms with Gasteiger partial charge in [0.15, 0.2) is 0 Å². The van der Waals surface area contributed by atoms with Crippen molar-refractivity contribution in [2.75, 3.05) is 42.8 Å². The summed E-state index contributed by atoms with van der Waals surface area (Å²) in [4.78, 5) is 14.8. The molecule has 7 heteroatoms. The minimum Gasteiger partial charge on any atom is -0.352 e. The molecule has 2 fully saturated rings. The van der Waals surface area contributed by atoms with Gasteiger partial charge in [-0.1, -0.05) is 6.92 Å². The first-order valence-electron chi connectivity index (χ1n) is 10.1. The number of sulfonamides is 1. The SMILES string of the molecule is C[C@H]1CCCN(CCCNC(=O)c2ccc(N3CCCCS3(=O)=O)cc2)C1. The Morgan fingerprint density at radius 3 is 2.63 bits per heavy atom. The molecule has 1 aromatic carbocycles. The second-order valence-electron chi connectivity index (χ2n) is 7.80. The van der Waals surface area contributed by atoms with Crippen LogP contribution in [0.15, 0.2) is 24.3 Å². The Balaban J connectivity index is 1.46. The summed E-state index contributed by atoms with van der Waals surface area (Å²) in [6, 6.07) is 6.88. The van der Waals surface area contributed by atoms with Crippen molar-refractivity contribution < 1.29 is 13.2 Å². The van der Waals surface area contributed by atoms with Crippen LogP contribution in [0.2, 0.25) is 0 Å². The highest BCUT2D eigenvalue weighted by molar-refractivity contribution is 7.92. The fourth-order valence-electron chi connectivity index (χ4n) is 3.95. The van der Waals surface area contributed by atoms with E-state index < -0.39 is 10.0 Å². The zero-order chi connectivity index (χ0) is 19.3. The van der Waals surface area contributed by atoms with E-state index in [1.165, 1.54) is 23.7 Å². The summed E-state index contributed by atoms with van der Waals surface area (Å²) in [5.74, 6) is 0.871. The van der Waals surface area contributed by atoms with Crippen molar-refractivity contribution in [2.45, 2.75) is 39.0 Å². The molecule has 3 rings (SSSR count). The number of likely N-dealkylation sites (tertiary alicyclic amines) is 1. The molecule has 0 radical (unpaired) electrons. The summed E-state index contributed by atoms with van der Waals surface area (Å²) < 4.78 is 25.8.